The van der Waals surface area contributed by atoms with Crippen LogP contribution in [0.5, 0.6) is 0 Å². The Kier molecular flexibility index (Phi) is 7.51. The molecule has 192 valence electrons. The first kappa shape index (κ1) is 25.5. The lowest BCUT2D eigenvalue weighted by Gasteiger charge is -2.32. The highest BCUT2D eigenvalue weighted by molar-refractivity contribution is 6.01. The zero-order chi connectivity index (χ0) is 26.0. The van der Waals surface area contributed by atoms with Gasteiger partial charge in [0, 0.05) is 16.8 Å². The molecule has 1 aliphatic rings. The Balaban J connectivity index is 1.55. The summed E-state index contributed by atoms with van der Waals surface area (Å²) in [5.74, 6) is -0.965. The van der Waals surface area contributed by atoms with Crippen LogP contribution in [0.4, 0.5) is 10.2 Å². The molecule has 3 heterocycles. The molecule has 1 atom stereocenters. The predicted octanol–water partition coefficient (Wildman–Crippen LogP) is 4.90. The number of amides is 2. The minimum atomic E-state index is -0.803. The highest BCUT2D eigenvalue weighted by atomic mass is 19.1. The minimum absolute atomic E-state index is 0.0134. The molecule has 2 amide bonds. The number of carbonyl (C=O) groups is 2. The second-order valence-corrected chi connectivity index (χ2v) is 10.1. The van der Waals surface area contributed by atoms with Crippen LogP contribution in [0.15, 0.2) is 22.9 Å². The third kappa shape index (κ3) is 5.32. The van der Waals surface area contributed by atoms with E-state index in [1.807, 2.05) is 20.8 Å². The van der Waals surface area contributed by atoms with Gasteiger partial charge in [-0.3, -0.25) is 14.7 Å². The topological polar surface area (TPSA) is 126 Å². The Morgan fingerprint density at radius 1 is 1.17 bits per heavy atom. The molecule has 1 aliphatic carbocycles. The van der Waals surface area contributed by atoms with Gasteiger partial charge in [-0.15, -0.1) is 0 Å². The minimum Gasteiger partial charge on any atom is -0.364 e. The quantitative estimate of drug-likeness (QED) is 0.399. The van der Waals surface area contributed by atoms with Crippen molar-refractivity contribution in [1.29, 1.82) is 0 Å². The molecule has 0 aliphatic heterocycles. The third-order valence-corrected chi connectivity index (χ3v) is 6.99. The number of aromatic amines is 1. The molecule has 3 aromatic heterocycles. The van der Waals surface area contributed by atoms with Crippen molar-refractivity contribution < 1.29 is 18.5 Å². The number of rotatable bonds is 7. The van der Waals surface area contributed by atoms with Crippen LogP contribution in [0.25, 0.3) is 11.1 Å². The largest absolute Gasteiger partial charge is 0.364 e. The van der Waals surface area contributed by atoms with Crippen LogP contribution in [0.2, 0.25) is 0 Å². The first-order valence-corrected chi connectivity index (χ1v) is 12.4. The lowest BCUT2D eigenvalue weighted by atomic mass is 9.79. The van der Waals surface area contributed by atoms with Gasteiger partial charge in [0.15, 0.2) is 0 Å². The van der Waals surface area contributed by atoms with E-state index < -0.39 is 23.8 Å². The van der Waals surface area contributed by atoms with Gasteiger partial charge in [-0.05, 0) is 56.6 Å². The van der Waals surface area contributed by atoms with Gasteiger partial charge in [0.2, 0.25) is 11.9 Å². The van der Waals surface area contributed by atoms with E-state index in [0.29, 0.717) is 34.0 Å². The Bertz CT molecular complexity index is 1220. The fourth-order valence-electron chi connectivity index (χ4n) is 4.91. The number of aryl methyl sites for hydroxylation is 2. The molecule has 0 bridgehead atoms. The fraction of sp³-hybridized carbons (Fsp3) is 0.500. The molecule has 0 aromatic carbocycles. The zero-order valence-electron chi connectivity index (χ0n) is 21.3. The van der Waals surface area contributed by atoms with E-state index in [0.717, 1.165) is 31.4 Å². The zero-order valence-corrected chi connectivity index (χ0v) is 21.3. The highest BCUT2D eigenvalue weighted by Gasteiger charge is 2.34. The molecule has 0 unspecified atom stereocenters. The highest BCUT2D eigenvalue weighted by Crippen LogP contribution is 2.32. The lowest BCUT2D eigenvalue weighted by Crippen LogP contribution is -2.49. The summed E-state index contributed by atoms with van der Waals surface area (Å²) >= 11 is 0. The van der Waals surface area contributed by atoms with Crippen LogP contribution in [0, 0.1) is 31.6 Å². The van der Waals surface area contributed by atoms with E-state index >= 15 is 0 Å². The van der Waals surface area contributed by atoms with E-state index in [-0.39, 0.29) is 17.7 Å². The standard InChI is InChI=1S/C26H33FN6O3/c1-13(2)22-19(12-36-33-22)25(34)30-23(17-8-6-14(3)7-9-17)26(35)29-20-11-10-18(24(27)28-20)21-15(4)31-32-16(21)5/h10-14,17,23H,6-9H2,1-5H3,(H,30,34)(H,31,32)(H,28,29,35)/t14?,17?,23-/m0/s1. The Morgan fingerprint density at radius 2 is 1.89 bits per heavy atom. The van der Waals surface area contributed by atoms with Gasteiger partial charge >= 0.3 is 0 Å². The molecule has 3 N–H and O–H groups in total. The summed E-state index contributed by atoms with van der Waals surface area (Å²) in [5.41, 5.74) is 3.19. The normalized spacial score (nSPS) is 18.8. The number of halogens is 1. The molecule has 36 heavy (non-hydrogen) atoms. The molecule has 0 radical (unpaired) electrons. The van der Waals surface area contributed by atoms with Crippen LogP contribution >= 0.6 is 0 Å². The summed E-state index contributed by atoms with van der Waals surface area (Å²) in [6.07, 6.45) is 4.86. The number of pyridine rings is 1. The van der Waals surface area contributed by atoms with Crippen molar-refractivity contribution >= 4 is 17.6 Å². The average Bonchev–Trinajstić information content (AvgIpc) is 3.45. The molecular weight excluding hydrogens is 463 g/mol. The van der Waals surface area contributed by atoms with Gasteiger partial charge in [-0.25, -0.2) is 4.98 Å². The van der Waals surface area contributed by atoms with Crippen molar-refractivity contribution in [2.24, 2.45) is 11.8 Å². The number of nitrogens with zero attached hydrogens (tertiary/aromatic N) is 3. The lowest BCUT2D eigenvalue weighted by molar-refractivity contribution is -0.119. The second-order valence-electron chi connectivity index (χ2n) is 10.1. The third-order valence-electron chi connectivity index (χ3n) is 6.99. The maximum absolute atomic E-state index is 14.9. The summed E-state index contributed by atoms with van der Waals surface area (Å²) < 4.78 is 20.0. The number of carbonyl (C=O) groups excluding carboxylic acids is 2. The van der Waals surface area contributed by atoms with Gasteiger partial charge in [0.05, 0.1) is 11.4 Å². The van der Waals surface area contributed by atoms with Crippen molar-refractivity contribution in [3.05, 3.63) is 47.0 Å². The Hall–Kier alpha value is -3.56. The summed E-state index contributed by atoms with van der Waals surface area (Å²) in [7, 11) is 0. The van der Waals surface area contributed by atoms with Gasteiger partial charge in [0.1, 0.15) is 23.7 Å². The maximum Gasteiger partial charge on any atom is 0.257 e. The first-order valence-electron chi connectivity index (χ1n) is 12.4. The molecule has 0 spiro atoms. The first-order chi connectivity index (χ1) is 17.2. The number of nitrogens with one attached hydrogen (secondary N) is 3. The van der Waals surface area contributed by atoms with E-state index in [2.05, 4.69) is 37.9 Å². The number of hydrogen-bond donors (Lipinski definition) is 3. The molecule has 1 saturated carbocycles. The van der Waals surface area contributed by atoms with Crippen molar-refractivity contribution in [2.45, 2.75) is 72.3 Å². The van der Waals surface area contributed by atoms with Gasteiger partial charge in [-0.2, -0.15) is 9.49 Å². The molecule has 4 rings (SSSR count). The van der Waals surface area contributed by atoms with Gasteiger partial charge < -0.3 is 15.2 Å². The molecule has 3 aromatic rings. The summed E-state index contributed by atoms with van der Waals surface area (Å²) in [6.45, 7) is 9.61. The van der Waals surface area contributed by atoms with Crippen LogP contribution in [0.1, 0.15) is 79.8 Å². The maximum atomic E-state index is 14.9. The van der Waals surface area contributed by atoms with Crippen molar-refractivity contribution in [3.8, 4) is 11.1 Å². The molecule has 0 saturated heterocycles. The average molecular weight is 497 g/mol. The molecule has 10 heteroatoms. The van der Waals surface area contributed by atoms with Crippen LogP contribution in [-0.2, 0) is 4.79 Å². The van der Waals surface area contributed by atoms with E-state index in [4.69, 9.17) is 4.52 Å². The van der Waals surface area contributed by atoms with E-state index in [1.54, 1.807) is 19.1 Å². The molecular formula is C26H33FN6O3. The number of hydrogen-bond acceptors (Lipinski definition) is 6. The number of anilines is 1. The molecule has 9 nitrogen and oxygen atoms in total. The summed E-state index contributed by atoms with van der Waals surface area (Å²) in [4.78, 5) is 30.5. The number of H-pyrrole nitrogens is 1. The van der Waals surface area contributed by atoms with Crippen molar-refractivity contribution in [1.82, 2.24) is 25.7 Å². The summed E-state index contributed by atoms with van der Waals surface area (Å²) in [5, 5.41) is 16.5. The van der Waals surface area contributed by atoms with E-state index in [9.17, 15) is 14.0 Å². The molecule has 1 fully saturated rings. The monoisotopic (exact) mass is 496 g/mol. The van der Waals surface area contributed by atoms with Gasteiger partial charge in [-0.1, -0.05) is 38.8 Å². The smallest absolute Gasteiger partial charge is 0.257 e. The SMILES string of the molecule is Cc1n[nH]c(C)c1-c1ccc(NC(=O)[C@@H](NC(=O)c2conc2C(C)C)C2CCC(C)CC2)nc1F. The van der Waals surface area contributed by atoms with Crippen LogP contribution in [0.3, 0.4) is 0 Å². The fourth-order valence-corrected chi connectivity index (χ4v) is 4.91. The van der Waals surface area contributed by atoms with Crippen LogP contribution < -0.4 is 10.6 Å². The van der Waals surface area contributed by atoms with Crippen molar-refractivity contribution in [2.75, 3.05) is 5.32 Å². The van der Waals surface area contributed by atoms with Crippen molar-refractivity contribution in [3.63, 3.8) is 0 Å². The predicted molar refractivity (Wildman–Crippen MR) is 133 cm³/mol. The van der Waals surface area contributed by atoms with Gasteiger partial charge in [0.25, 0.3) is 5.91 Å². The van der Waals surface area contributed by atoms with E-state index in [1.165, 1.54) is 6.26 Å². The summed E-state index contributed by atoms with van der Waals surface area (Å²) in [6, 6.07) is 2.33. The Morgan fingerprint density at radius 3 is 2.50 bits per heavy atom. The Labute approximate surface area is 209 Å². The number of aromatic nitrogens is 4. The second kappa shape index (κ2) is 10.6. The van der Waals surface area contributed by atoms with Crippen LogP contribution in [-0.4, -0.2) is 38.2 Å².